The summed E-state index contributed by atoms with van der Waals surface area (Å²) in [6.07, 6.45) is -13.3. The van der Waals surface area contributed by atoms with Gasteiger partial charge in [0, 0.05) is 25.2 Å². The molecule has 4 aliphatic rings. The molecule has 1 unspecified atom stereocenters. The van der Waals surface area contributed by atoms with E-state index in [-0.39, 0.29) is 41.9 Å². The van der Waals surface area contributed by atoms with E-state index < -0.39 is 119 Å². The van der Waals surface area contributed by atoms with Gasteiger partial charge < -0.3 is 53.8 Å². The van der Waals surface area contributed by atoms with Crippen LogP contribution in [0.2, 0.25) is 0 Å². The molecular weight excluding hydrogens is 895 g/mol. The molecule has 69 heavy (non-hydrogen) atoms. The van der Waals surface area contributed by atoms with E-state index in [2.05, 4.69) is 5.32 Å². The van der Waals surface area contributed by atoms with E-state index in [0.29, 0.717) is 5.56 Å². The number of hydrogen-bond donors (Lipinski definition) is 4. The Hall–Kier alpha value is -6.14. The standard InChI is InChI=1S/C52H61NO16/c1-28-20-22-31(23-21-28)26-63-47(61)66-40(38(32-16-12-10-13-17-32)53-46(60)69-48(4,5)6)45(59)65-34-25-52(62)43(67-44(58)33-18-14-11-15-19-33)41-50(9,42(57)39(56)37(29(34)2)49(52,7)8)35(55)24-36-51(41,27-64-36)68-30(3)54/h10-23,34-36,38-41,43,55-56,62H,24-27H2,1-9H3,(H,53,60)/t34-,35-,36?,38-,39+,40+,41-,43-,50+,51-,52+/m0/s1. The van der Waals surface area contributed by atoms with Gasteiger partial charge in [0.2, 0.25) is 6.10 Å². The van der Waals surface area contributed by atoms with E-state index in [1.165, 1.54) is 39.8 Å². The summed E-state index contributed by atoms with van der Waals surface area (Å²) in [6.45, 7) is 13.3. The topological polar surface area (TPSA) is 240 Å². The van der Waals surface area contributed by atoms with Crippen LogP contribution >= 0.6 is 0 Å². The molecule has 11 atom stereocenters. The molecule has 0 spiro atoms. The molecule has 1 heterocycles. The molecule has 3 fully saturated rings. The van der Waals surface area contributed by atoms with Crippen molar-refractivity contribution in [3.05, 3.63) is 118 Å². The van der Waals surface area contributed by atoms with Gasteiger partial charge in [0.25, 0.3) is 0 Å². The Bertz CT molecular complexity index is 2480. The summed E-state index contributed by atoms with van der Waals surface area (Å²) in [5.41, 5.74) is -7.10. The maximum Gasteiger partial charge on any atom is 0.509 e. The summed E-state index contributed by atoms with van der Waals surface area (Å²) in [5.74, 6) is -5.53. The zero-order chi connectivity index (χ0) is 50.4. The van der Waals surface area contributed by atoms with Crippen molar-refractivity contribution in [1.29, 1.82) is 0 Å². The lowest BCUT2D eigenvalue weighted by molar-refractivity contribution is -0.346. The molecule has 1 aliphatic heterocycles. The van der Waals surface area contributed by atoms with E-state index in [9.17, 15) is 34.5 Å². The summed E-state index contributed by atoms with van der Waals surface area (Å²) in [6, 6.07) is 21.5. The highest BCUT2D eigenvalue weighted by atomic mass is 16.7. The number of rotatable bonds is 11. The number of hydrogen-bond acceptors (Lipinski definition) is 16. The number of amides is 1. The third-order valence-electron chi connectivity index (χ3n) is 14.2. The number of ether oxygens (including phenoxy) is 7. The predicted octanol–water partition coefficient (Wildman–Crippen LogP) is 5.93. The van der Waals surface area contributed by atoms with Gasteiger partial charge in [-0.15, -0.1) is 0 Å². The molecule has 4 N–H and O–H groups in total. The lowest BCUT2D eigenvalue weighted by atomic mass is 9.44. The molecule has 370 valence electrons. The van der Waals surface area contributed by atoms with Gasteiger partial charge in [-0.05, 0) is 75.9 Å². The molecule has 1 saturated heterocycles. The van der Waals surface area contributed by atoms with E-state index in [4.69, 9.17) is 33.2 Å². The van der Waals surface area contributed by atoms with Gasteiger partial charge in [0.05, 0.1) is 29.6 Å². The number of aliphatic hydroxyl groups excluding tert-OH is 2. The second-order valence-electron chi connectivity index (χ2n) is 20.2. The summed E-state index contributed by atoms with van der Waals surface area (Å²) in [7, 11) is 0. The van der Waals surface area contributed by atoms with Gasteiger partial charge in [-0.3, -0.25) is 9.59 Å². The number of benzene rings is 3. The summed E-state index contributed by atoms with van der Waals surface area (Å²) in [4.78, 5) is 84.8. The molecule has 17 heteroatoms. The summed E-state index contributed by atoms with van der Waals surface area (Å²) in [5, 5.41) is 40.8. The van der Waals surface area contributed by atoms with Gasteiger partial charge in [-0.1, -0.05) is 92.2 Å². The first-order valence-corrected chi connectivity index (χ1v) is 22.9. The zero-order valence-electron chi connectivity index (χ0n) is 40.2. The van der Waals surface area contributed by atoms with Gasteiger partial charge in [-0.25, -0.2) is 19.2 Å². The molecule has 17 nitrogen and oxygen atoms in total. The van der Waals surface area contributed by atoms with Crippen LogP contribution in [-0.4, -0.2) is 111 Å². The van der Waals surface area contributed by atoms with E-state index in [1.54, 1.807) is 81.4 Å². The highest BCUT2D eigenvalue weighted by Gasteiger charge is 2.78. The van der Waals surface area contributed by atoms with E-state index in [1.807, 2.05) is 19.1 Å². The number of aliphatic hydroxyl groups is 3. The fraction of sp³-hybridized carbons (Fsp3) is 0.500. The number of Topliss-reactive ketones (excluding diaryl/α,β-unsaturated/α-hetero) is 1. The van der Waals surface area contributed by atoms with E-state index in [0.717, 1.165) is 12.5 Å². The molecule has 0 aromatic heterocycles. The van der Waals surface area contributed by atoms with Gasteiger partial charge in [-0.2, -0.15) is 0 Å². The molecule has 7 rings (SSSR count). The monoisotopic (exact) mass is 955 g/mol. The van der Waals surface area contributed by atoms with Crippen molar-refractivity contribution in [2.75, 3.05) is 6.61 Å². The average molecular weight is 956 g/mol. The van der Waals surface area contributed by atoms with Crippen LogP contribution in [0.5, 0.6) is 0 Å². The van der Waals surface area contributed by atoms with Crippen LogP contribution in [0.3, 0.4) is 0 Å². The second kappa shape index (κ2) is 19.0. The Kier molecular flexibility index (Phi) is 14.0. The van der Waals surface area contributed by atoms with Gasteiger partial charge in [0.1, 0.15) is 48.3 Å². The van der Waals surface area contributed by atoms with Crippen LogP contribution < -0.4 is 5.32 Å². The predicted molar refractivity (Wildman–Crippen MR) is 244 cm³/mol. The molecule has 3 aromatic carbocycles. The van der Waals surface area contributed by atoms with Crippen molar-refractivity contribution >= 4 is 35.9 Å². The molecule has 2 bridgehead atoms. The number of carbonyl (C=O) groups is 6. The molecule has 2 saturated carbocycles. The zero-order valence-corrected chi connectivity index (χ0v) is 40.2. The minimum absolute atomic E-state index is 0.0535. The number of carbonyl (C=O) groups excluding carboxylic acids is 6. The Morgan fingerprint density at radius 2 is 1.51 bits per heavy atom. The van der Waals surface area contributed by atoms with Crippen molar-refractivity contribution in [2.24, 2.45) is 16.7 Å². The number of aryl methyl sites for hydroxylation is 1. The lowest BCUT2D eigenvalue weighted by Crippen LogP contribution is -2.81. The summed E-state index contributed by atoms with van der Waals surface area (Å²) < 4.78 is 41.4. The smallest absolute Gasteiger partial charge is 0.455 e. The van der Waals surface area contributed by atoms with Crippen molar-refractivity contribution in [1.82, 2.24) is 5.32 Å². The van der Waals surface area contributed by atoms with Crippen LogP contribution in [0, 0.1) is 23.7 Å². The molecular formula is C52H61NO16. The molecule has 3 aromatic rings. The lowest BCUT2D eigenvalue weighted by Gasteiger charge is -2.67. The first kappa shape index (κ1) is 50.7. The average Bonchev–Trinajstić information content (AvgIpc) is 3.28. The highest BCUT2D eigenvalue weighted by Crippen LogP contribution is 2.64. The number of ketones is 1. The SMILES string of the molecule is CC(=O)O[C@@]12COC1C[C@H](O)[C@@]1(C)C(=O)[C@H](O)C3=C(C)[C@@H](OC(=O)[C@H](OC(=O)OCc4ccc(C)cc4)[C@@H](NC(=O)OC(C)(C)C)c4ccccc4)C[C@@](O)([C@@H](OC(=O)c4ccccc4)[C@@H]12)C3(C)C. The fourth-order valence-electron chi connectivity index (χ4n) is 10.6. The highest BCUT2D eigenvalue weighted by molar-refractivity contribution is 5.94. The number of esters is 3. The Balaban J connectivity index is 1.35. The quantitative estimate of drug-likeness (QED) is 0.0990. The number of fused-ring (bicyclic) bond motifs is 5. The number of alkyl carbamates (subject to hydrolysis) is 1. The van der Waals surface area contributed by atoms with Crippen molar-refractivity contribution < 1.29 is 77.2 Å². The van der Waals surface area contributed by atoms with Crippen molar-refractivity contribution in [2.45, 2.75) is 141 Å². The van der Waals surface area contributed by atoms with Gasteiger partial charge >= 0.3 is 30.2 Å². The summed E-state index contributed by atoms with van der Waals surface area (Å²) >= 11 is 0. The normalized spacial score (nSPS) is 30.0. The largest absolute Gasteiger partial charge is 0.509 e. The van der Waals surface area contributed by atoms with Crippen LogP contribution in [0.25, 0.3) is 0 Å². The van der Waals surface area contributed by atoms with Crippen molar-refractivity contribution in [3.8, 4) is 0 Å². The minimum atomic E-state index is -2.44. The third-order valence-corrected chi connectivity index (χ3v) is 14.2. The van der Waals surface area contributed by atoms with Crippen LogP contribution in [0.15, 0.2) is 96.1 Å². The third kappa shape index (κ3) is 9.49. The Morgan fingerprint density at radius 3 is 2.09 bits per heavy atom. The number of nitrogens with one attached hydrogen (secondary N) is 1. The van der Waals surface area contributed by atoms with Crippen LogP contribution in [0.4, 0.5) is 9.59 Å². The Labute approximate surface area is 400 Å². The molecule has 3 aliphatic carbocycles. The second-order valence-corrected chi connectivity index (χ2v) is 20.2. The maximum absolute atomic E-state index is 15.2. The van der Waals surface area contributed by atoms with E-state index >= 15 is 9.59 Å². The first-order chi connectivity index (χ1) is 32.3. The van der Waals surface area contributed by atoms with Crippen molar-refractivity contribution in [3.63, 3.8) is 0 Å². The molecule has 1 amide bonds. The first-order valence-electron chi connectivity index (χ1n) is 22.9. The fourth-order valence-corrected chi connectivity index (χ4v) is 10.6. The maximum atomic E-state index is 15.2. The minimum Gasteiger partial charge on any atom is -0.455 e. The van der Waals surface area contributed by atoms with Crippen LogP contribution in [0.1, 0.15) is 101 Å². The Morgan fingerprint density at radius 1 is 0.884 bits per heavy atom. The van der Waals surface area contributed by atoms with Gasteiger partial charge in [0.15, 0.2) is 11.4 Å². The van der Waals surface area contributed by atoms with Crippen LogP contribution in [-0.2, 0) is 54.1 Å². The molecule has 0 radical (unpaired) electrons.